The molecule has 30 heavy (non-hydrogen) atoms. The molecule has 5 rings (SSSR count). The maximum absolute atomic E-state index is 12.6. The summed E-state index contributed by atoms with van der Waals surface area (Å²) in [7, 11) is 0. The standard InChI is InChI=1S/C25H21NO4/c27-23(28)25(14-22(25)16-8-2-1-3-9-16)26-24(29)30-15-21-19-12-6-4-10-17(19)18-11-5-7-13-20(18)21/h1-13,21-22H,14-15H2,(H,26,29)(H,27,28). The summed E-state index contributed by atoms with van der Waals surface area (Å²) in [4.78, 5) is 24.5. The molecule has 1 amide bonds. The van der Waals surface area contributed by atoms with E-state index in [-0.39, 0.29) is 18.4 Å². The van der Waals surface area contributed by atoms with E-state index in [1.54, 1.807) is 0 Å². The molecule has 2 aliphatic rings. The molecule has 150 valence electrons. The van der Waals surface area contributed by atoms with Crippen LogP contribution in [0.5, 0.6) is 0 Å². The summed E-state index contributed by atoms with van der Waals surface area (Å²) in [6.07, 6.45) is -0.339. The van der Waals surface area contributed by atoms with Crippen molar-refractivity contribution < 1.29 is 19.4 Å². The number of carboxylic acids is 1. The maximum atomic E-state index is 12.6. The van der Waals surface area contributed by atoms with Gasteiger partial charge in [-0.25, -0.2) is 9.59 Å². The van der Waals surface area contributed by atoms with Crippen molar-refractivity contribution in [3.8, 4) is 11.1 Å². The minimum atomic E-state index is -1.30. The van der Waals surface area contributed by atoms with Gasteiger partial charge in [0.1, 0.15) is 12.1 Å². The first-order chi connectivity index (χ1) is 14.6. The number of benzene rings is 3. The van der Waals surface area contributed by atoms with E-state index < -0.39 is 17.6 Å². The van der Waals surface area contributed by atoms with Gasteiger partial charge in [-0.05, 0) is 34.2 Å². The van der Waals surface area contributed by atoms with Gasteiger partial charge in [0.2, 0.25) is 0 Å². The number of fused-ring (bicyclic) bond motifs is 3. The molecule has 3 aromatic carbocycles. The predicted molar refractivity (Wildman–Crippen MR) is 112 cm³/mol. The molecule has 0 aliphatic heterocycles. The molecule has 0 spiro atoms. The number of nitrogens with one attached hydrogen (secondary N) is 1. The summed E-state index contributed by atoms with van der Waals surface area (Å²) in [5, 5.41) is 12.4. The highest BCUT2D eigenvalue weighted by molar-refractivity contribution is 5.90. The second kappa shape index (κ2) is 7.02. The molecule has 2 N–H and O–H groups in total. The predicted octanol–water partition coefficient (Wildman–Crippen LogP) is 4.54. The molecule has 1 fully saturated rings. The minimum Gasteiger partial charge on any atom is -0.479 e. The number of hydrogen-bond donors (Lipinski definition) is 2. The molecule has 2 unspecified atom stereocenters. The van der Waals surface area contributed by atoms with Crippen LogP contribution in [0.15, 0.2) is 78.9 Å². The lowest BCUT2D eigenvalue weighted by Crippen LogP contribution is -2.45. The highest BCUT2D eigenvalue weighted by Gasteiger charge is 2.62. The van der Waals surface area contributed by atoms with Crippen LogP contribution in [0.1, 0.15) is 34.9 Å². The number of ether oxygens (including phenoxy) is 1. The molecule has 5 nitrogen and oxygen atoms in total. The average Bonchev–Trinajstić information content (AvgIpc) is 3.42. The van der Waals surface area contributed by atoms with E-state index in [4.69, 9.17) is 4.74 Å². The van der Waals surface area contributed by atoms with Gasteiger partial charge in [0.15, 0.2) is 0 Å². The van der Waals surface area contributed by atoms with Gasteiger partial charge in [0.05, 0.1) is 0 Å². The third-order valence-electron chi connectivity index (χ3n) is 6.21. The van der Waals surface area contributed by atoms with Crippen LogP contribution in [0.25, 0.3) is 11.1 Å². The second-order valence-corrected chi connectivity index (χ2v) is 7.89. The van der Waals surface area contributed by atoms with Gasteiger partial charge < -0.3 is 15.2 Å². The van der Waals surface area contributed by atoms with Gasteiger partial charge in [0, 0.05) is 11.8 Å². The van der Waals surface area contributed by atoms with Gasteiger partial charge in [-0.2, -0.15) is 0 Å². The van der Waals surface area contributed by atoms with Gasteiger partial charge in [-0.1, -0.05) is 78.9 Å². The fraction of sp³-hybridized carbons (Fsp3) is 0.200. The molecule has 0 bridgehead atoms. The smallest absolute Gasteiger partial charge is 0.408 e. The van der Waals surface area contributed by atoms with Crippen molar-refractivity contribution in [1.29, 1.82) is 0 Å². The molecule has 2 aliphatic carbocycles. The Labute approximate surface area is 174 Å². The second-order valence-electron chi connectivity index (χ2n) is 7.89. The van der Waals surface area contributed by atoms with Crippen LogP contribution in [0.3, 0.4) is 0 Å². The minimum absolute atomic E-state index is 0.0620. The number of carbonyl (C=O) groups is 2. The Hall–Kier alpha value is -3.60. The maximum Gasteiger partial charge on any atom is 0.408 e. The number of amides is 1. The highest BCUT2D eigenvalue weighted by atomic mass is 16.5. The number of rotatable bonds is 5. The van der Waals surface area contributed by atoms with Crippen molar-refractivity contribution in [2.45, 2.75) is 23.8 Å². The molecular formula is C25H21NO4. The lowest BCUT2D eigenvalue weighted by atomic mass is 9.98. The van der Waals surface area contributed by atoms with Crippen LogP contribution in [0, 0.1) is 0 Å². The number of carboxylic acid groups (broad SMARTS) is 1. The summed E-state index contributed by atoms with van der Waals surface area (Å²) < 4.78 is 5.54. The topological polar surface area (TPSA) is 75.6 Å². The number of aliphatic carboxylic acids is 1. The SMILES string of the molecule is O=C(NC1(C(=O)O)CC1c1ccccc1)OCC1c2ccccc2-c2ccccc21. The zero-order valence-corrected chi connectivity index (χ0v) is 16.2. The molecule has 3 aromatic rings. The Morgan fingerprint density at radius 2 is 1.47 bits per heavy atom. The summed E-state index contributed by atoms with van der Waals surface area (Å²) >= 11 is 0. The van der Waals surface area contributed by atoms with E-state index in [0.717, 1.165) is 27.8 Å². The van der Waals surface area contributed by atoms with Gasteiger partial charge >= 0.3 is 12.1 Å². The molecular weight excluding hydrogens is 378 g/mol. The van der Waals surface area contributed by atoms with Crippen LogP contribution < -0.4 is 5.32 Å². The summed E-state index contributed by atoms with van der Waals surface area (Å²) in [5.74, 6) is -1.35. The zero-order valence-electron chi connectivity index (χ0n) is 16.2. The van der Waals surface area contributed by atoms with Crippen molar-refractivity contribution in [2.24, 2.45) is 0 Å². The van der Waals surface area contributed by atoms with E-state index in [9.17, 15) is 14.7 Å². The van der Waals surface area contributed by atoms with Crippen LogP contribution >= 0.6 is 0 Å². The quantitative estimate of drug-likeness (QED) is 0.661. The Morgan fingerprint density at radius 1 is 0.900 bits per heavy atom. The molecule has 0 saturated heterocycles. The van der Waals surface area contributed by atoms with Crippen molar-refractivity contribution >= 4 is 12.1 Å². The van der Waals surface area contributed by atoms with Crippen molar-refractivity contribution in [2.75, 3.05) is 6.61 Å². The van der Waals surface area contributed by atoms with E-state index in [1.807, 2.05) is 66.7 Å². The lowest BCUT2D eigenvalue weighted by Gasteiger charge is -2.18. The molecule has 0 aromatic heterocycles. The van der Waals surface area contributed by atoms with Gasteiger partial charge in [-0.3, -0.25) is 0 Å². The largest absolute Gasteiger partial charge is 0.479 e. The van der Waals surface area contributed by atoms with Crippen molar-refractivity contribution in [1.82, 2.24) is 5.32 Å². The number of carbonyl (C=O) groups excluding carboxylic acids is 1. The average molecular weight is 399 g/mol. The lowest BCUT2D eigenvalue weighted by molar-refractivity contribution is -0.140. The summed E-state index contributed by atoms with van der Waals surface area (Å²) in [6, 6.07) is 25.6. The zero-order chi connectivity index (χ0) is 20.7. The Bertz CT molecular complexity index is 1080. The normalized spacial score (nSPS) is 21.4. The number of alkyl carbamates (subject to hydrolysis) is 1. The Balaban J connectivity index is 1.31. The molecule has 5 heteroatoms. The monoisotopic (exact) mass is 399 g/mol. The van der Waals surface area contributed by atoms with Crippen LogP contribution in [-0.4, -0.2) is 29.3 Å². The highest BCUT2D eigenvalue weighted by Crippen LogP contribution is 2.51. The fourth-order valence-corrected chi connectivity index (χ4v) is 4.60. The van der Waals surface area contributed by atoms with Crippen molar-refractivity contribution in [3.05, 3.63) is 95.6 Å². The first kappa shape index (κ1) is 18.4. The Morgan fingerprint density at radius 3 is 2.07 bits per heavy atom. The first-order valence-electron chi connectivity index (χ1n) is 10.0. The molecule has 1 saturated carbocycles. The third kappa shape index (κ3) is 2.94. The van der Waals surface area contributed by atoms with Gasteiger partial charge in [-0.15, -0.1) is 0 Å². The van der Waals surface area contributed by atoms with Crippen molar-refractivity contribution in [3.63, 3.8) is 0 Å². The summed E-state index contributed by atoms with van der Waals surface area (Å²) in [6.45, 7) is 0.158. The first-order valence-corrected chi connectivity index (χ1v) is 10.0. The molecule has 0 heterocycles. The van der Waals surface area contributed by atoms with E-state index in [0.29, 0.717) is 6.42 Å². The Kier molecular flexibility index (Phi) is 4.31. The number of hydrogen-bond acceptors (Lipinski definition) is 3. The van der Waals surface area contributed by atoms with Gasteiger partial charge in [0.25, 0.3) is 0 Å². The van der Waals surface area contributed by atoms with E-state index in [2.05, 4.69) is 17.4 Å². The molecule has 2 atom stereocenters. The van der Waals surface area contributed by atoms with Crippen LogP contribution in [-0.2, 0) is 9.53 Å². The van der Waals surface area contributed by atoms with E-state index in [1.165, 1.54) is 0 Å². The van der Waals surface area contributed by atoms with E-state index >= 15 is 0 Å². The molecule has 0 radical (unpaired) electrons. The fourth-order valence-electron chi connectivity index (χ4n) is 4.60. The third-order valence-corrected chi connectivity index (χ3v) is 6.21. The summed E-state index contributed by atoms with van der Waals surface area (Å²) in [5.41, 5.74) is 4.13. The van der Waals surface area contributed by atoms with Crippen LogP contribution in [0.4, 0.5) is 4.79 Å². The van der Waals surface area contributed by atoms with Crippen LogP contribution in [0.2, 0.25) is 0 Å².